The van der Waals surface area contributed by atoms with Crippen LogP contribution in [-0.2, 0) is 6.54 Å². The van der Waals surface area contributed by atoms with Gasteiger partial charge in [0.25, 0.3) is 5.91 Å². The maximum atomic E-state index is 12.5. The van der Waals surface area contributed by atoms with E-state index in [2.05, 4.69) is 44.3 Å². The lowest BCUT2D eigenvalue weighted by molar-refractivity contribution is 0.0627. The van der Waals surface area contributed by atoms with Crippen molar-refractivity contribution in [2.75, 3.05) is 26.2 Å². The van der Waals surface area contributed by atoms with Crippen LogP contribution in [0.15, 0.2) is 41.1 Å². The van der Waals surface area contributed by atoms with E-state index in [1.165, 1.54) is 5.56 Å². The number of amides is 1. The molecule has 0 atom stereocenters. The van der Waals surface area contributed by atoms with Crippen LogP contribution in [0, 0.1) is 3.57 Å². The SMILES string of the molecule is O=C(c1ccccc1I)N1CCN(Cc2ccsc2)CC1. The predicted molar refractivity (Wildman–Crippen MR) is 94.7 cm³/mol. The van der Waals surface area contributed by atoms with Gasteiger partial charge in [0.15, 0.2) is 0 Å². The summed E-state index contributed by atoms with van der Waals surface area (Å²) in [4.78, 5) is 16.9. The molecule has 1 aromatic carbocycles. The van der Waals surface area contributed by atoms with E-state index in [0.29, 0.717) is 0 Å². The molecule has 1 aromatic heterocycles. The first-order chi connectivity index (χ1) is 10.2. The Hall–Kier alpha value is -0.920. The van der Waals surface area contributed by atoms with Crippen molar-refractivity contribution in [1.29, 1.82) is 0 Å². The summed E-state index contributed by atoms with van der Waals surface area (Å²) in [5.41, 5.74) is 2.20. The van der Waals surface area contributed by atoms with Crippen molar-refractivity contribution in [3.63, 3.8) is 0 Å². The van der Waals surface area contributed by atoms with Crippen molar-refractivity contribution >= 4 is 39.8 Å². The van der Waals surface area contributed by atoms with Gasteiger partial charge in [0.2, 0.25) is 0 Å². The Morgan fingerprint density at radius 2 is 1.90 bits per heavy atom. The number of piperazine rings is 1. The van der Waals surface area contributed by atoms with Crippen LogP contribution in [0.1, 0.15) is 15.9 Å². The van der Waals surface area contributed by atoms with Crippen LogP contribution in [0.3, 0.4) is 0 Å². The van der Waals surface area contributed by atoms with Crippen molar-refractivity contribution < 1.29 is 4.79 Å². The highest BCUT2D eigenvalue weighted by molar-refractivity contribution is 14.1. The maximum Gasteiger partial charge on any atom is 0.255 e. The van der Waals surface area contributed by atoms with Crippen LogP contribution in [0.4, 0.5) is 0 Å². The van der Waals surface area contributed by atoms with Gasteiger partial charge < -0.3 is 4.90 Å². The summed E-state index contributed by atoms with van der Waals surface area (Å²) in [6.07, 6.45) is 0. The van der Waals surface area contributed by atoms with Gasteiger partial charge >= 0.3 is 0 Å². The average Bonchev–Trinajstić information content (AvgIpc) is 3.01. The van der Waals surface area contributed by atoms with E-state index < -0.39 is 0 Å². The highest BCUT2D eigenvalue weighted by Gasteiger charge is 2.23. The summed E-state index contributed by atoms with van der Waals surface area (Å²) in [6.45, 7) is 4.52. The first-order valence-corrected chi connectivity index (χ1v) is 9.03. The molecular formula is C16H17IN2OS. The summed E-state index contributed by atoms with van der Waals surface area (Å²) in [6, 6.07) is 9.98. The fourth-order valence-electron chi connectivity index (χ4n) is 2.55. The molecule has 21 heavy (non-hydrogen) atoms. The molecule has 1 fully saturated rings. The zero-order chi connectivity index (χ0) is 14.7. The van der Waals surface area contributed by atoms with E-state index in [9.17, 15) is 4.79 Å². The highest BCUT2D eigenvalue weighted by Crippen LogP contribution is 2.16. The first kappa shape index (κ1) is 15.0. The molecule has 3 rings (SSSR count). The summed E-state index contributed by atoms with van der Waals surface area (Å²) in [5.74, 6) is 0.162. The Morgan fingerprint density at radius 1 is 1.14 bits per heavy atom. The van der Waals surface area contributed by atoms with Crippen molar-refractivity contribution in [3.05, 3.63) is 55.8 Å². The second kappa shape index (κ2) is 6.89. The number of thiophene rings is 1. The van der Waals surface area contributed by atoms with Gasteiger partial charge in [0.05, 0.1) is 5.56 Å². The molecular weight excluding hydrogens is 395 g/mol. The summed E-state index contributed by atoms with van der Waals surface area (Å²) >= 11 is 3.97. The Bertz CT molecular complexity index is 606. The number of carbonyl (C=O) groups excluding carboxylic acids is 1. The molecule has 0 bridgehead atoms. The highest BCUT2D eigenvalue weighted by atomic mass is 127. The fourth-order valence-corrected chi connectivity index (χ4v) is 3.83. The summed E-state index contributed by atoms with van der Waals surface area (Å²) in [5, 5.41) is 4.32. The molecule has 0 N–H and O–H groups in total. The quantitative estimate of drug-likeness (QED) is 0.723. The molecule has 1 aliphatic rings. The van der Waals surface area contributed by atoms with Crippen LogP contribution in [0.2, 0.25) is 0 Å². The molecule has 5 heteroatoms. The van der Waals surface area contributed by atoms with Crippen LogP contribution >= 0.6 is 33.9 Å². The van der Waals surface area contributed by atoms with Crippen LogP contribution in [-0.4, -0.2) is 41.9 Å². The lowest BCUT2D eigenvalue weighted by Gasteiger charge is -2.34. The lowest BCUT2D eigenvalue weighted by atomic mass is 10.2. The van der Waals surface area contributed by atoms with Crippen LogP contribution < -0.4 is 0 Å². The molecule has 3 nitrogen and oxygen atoms in total. The number of hydrogen-bond acceptors (Lipinski definition) is 3. The summed E-state index contributed by atoms with van der Waals surface area (Å²) in [7, 11) is 0. The van der Waals surface area contributed by atoms with Gasteiger partial charge in [-0.1, -0.05) is 12.1 Å². The largest absolute Gasteiger partial charge is 0.336 e. The third-order valence-electron chi connectivity index (χ3n) is 3.75. The molecule has 110 valence electrons. The van der Waals surface area contributed by atoms with Gasteiger partial charge in [-0.25, -0.2) is 0 Å². The molecule has 2 heterocycles. The maximum absolute atomic E-state index is 12.5. The van der Waals surface area contributed by atoms with Crippen LogP contribution in [0.25, 0.3) is 0 Å². The van der Waals surface area contributed by atoms with Gasteiger partial charge in [-0.2, -0.15) is 11.3 Å². The molecule has 0 saturated carbocycles. The van der Waals surface area contributed by atoms with Gasteiger partial charge in [0, 0.05) is 36.3 Å². The van der Waals surface area contributed by atoms with Gasteiger partial charge in [-0.15, -0.1) is 0 Å². The van der Waals surface area contributed by atoms with Crippen molar-refractivity contribution in [3.8, 4) is 0 Å². The van der Waals surface area contributed by atoms with E-state index in [-0.39, 0.29) is 5.91 Å². The topological polar surface area (TPSA) is 23.6 Å². The molecule has 2 aromatic rings. The molecule has 1 amide bonds. The number of rotatable bonds is 3. The standard InChI is InChI=1S/C16H17IN2OS/c17-15-4-2-1-3-14(15)16(20)19-8-6-18(7-9-19)11-13-5-10-21-12-13/h1-5,10,12H,6-9,11H2. The van der Waals surface area contributed by atoms with E-state index in [1.807, 2.05) is 29.2 Å². The Balaban J connectivity index is 1.58. The molecule has 1 saturated heterocycles. The van der Waals surface area contributed by atoms with Gasteiger partial charge in [0.1, 0.15) is 0 Å². The third kappa shape index (κ3) is 3.64. The van der Waals surface area contributed by atoms with Gasteiger partial charge in [-0.05, 0) is 57.1 Å². The van der Waals surface area contributed by atoms with Crippen molar-refractivity contribution in [2.45, 2.75) is 6.54 Å². The molecule has 0 spiro atoms. The van der Waals surface area contributed by atoms with Crippen molar-refractivity contribution in [1.82, 2.24) is 9.80 Å². The minimum absolute atomic E-state index is 0.162. The number of halogens is 1. The first-order valence-electron chi connectivity index (χ1n) is 7.01. The van der Waals surface area contributed by atoms with E-state index in [4.69, 9.17) is 0 Å². The predicted octanol–water partition coefficient (Wildman–Crippen LogP) is 3.31. The molecule has 0 aliphatic carbocycles. The summed E-state index contributed by atoms with van der Waals surface area (Å²) < 4.78 is 1.03. The second-order valence-corrected chi connectivity index (χ2v) is 7.12. The van der Waals surface area contributed by atoms with E-state index in [1.54, 1.807) is 11.3 Å². The second-order valence-electron chi connectivity index (χ2n) is 5.18. The Labute approximate surface area is 142 Å². The fraction of sp³-hybridized carbons (Fsp3) is 0.312. The minimum Gasteiger partial charge on any atom is -0.336 e. The monoisotopic (exact) mass is 412 g/mol. The minimum atomic E-state index is 0.162. The third-order valence-corrected chi connectivity index (χ3v) is 5.42. The number of carbonyl (C=O) groups is 1. The van der Waals surface area contributed by atoms with Crippen molar-refractivity contribution in [2.24, 2.45) is 0 Å². The van der Waals surface area contributed by atoms with E-state index >= 15 is 0 Å². The number of nitrogens with zero attached hydrogens (tertiary/aromatic N) is 2. The Morgan fingerprint density at radius 3 is 2.57 bits per heavy atom. The van der Waals surface area contributed by atoms with Crippen LogP contribution in [0.5, 0.6) is 0 Å². The molecule has 0 radical (unpaired) electrons. The van der Waals surface area contributed by atoms with Gasteiger partial charge in [-0.3, -0.25) is 9.69 Å². The Kier molecular flexibility index (Phi) is 4.92. The van der Waals surface area contributed by atoms with E-state index in [0.717, 1.165) is 41.9 Å². The normalized spacial score (nSPS) is 16.1. The molecule has 1 aliphatic heterocycles. The smallest absolute Gasteiger partial charge is 0.255 e. The zero-order valence-corrected chi connectivity index (χ0v) is 14.6. The average molecular weight is 412 g/mol. The molecule has 0 unspecified atom stereocenters. The number of benzene rings is 1. The lowest BCUT2D eigenvalue weighted by Crippen LogP contribution is -2.48. The number of hydrogen-bond donors (Lipinski definition) is 0. The zero-order valence-electron chi connectivity index (χ0n) is 11.7.